The van der Waals surface area contributed by atoms with E-state index in [1.165, 1.54) is 17.5 Å². The second-order valence-corrected chi connectivity index (χ2v) is 9.65. The second-order valence-electron chi connectivity index (χ2n) is 9.65. The molecule has 3 unspecified atom stereocenters. The fourth-order valence-corrected chi connectivity index (χ4v) is 6.18. The Kier molecular flexibility index (Phi) is 4.98. The molecule has 0 radical (unpaired) electrons. The smallest absolute Gasteiger partial charge is 0.318 e. The van der Waals surface area contributed by atoms with E-state index in [0.29, 0.717) is 18.8 Å². The molecule has 168 valence electrons. The predicted molar refractivity (Wildman–Crippen MR) is 122 cm³/mol. The Morgan fingerprint density at radius 2 is 1.94 bits per heavy atom. The highest BCUT2D eigenvalue weighted by Crippen LogP contribution is 2.46. The Bertz CT molecular complexity index is 1010. The van der Waals surface area contributed by atoms with E-state index in [1.54, 1.807) is 0 Å². The van der Waals surface area contributed by atoms with Crippen molar-refractivity contribution in [2.75, 3.05) is 26.4 Å². The standard InChI is InChI=1S/C26H31N3O3/c1-17(18-6-3-2-4-7-18)27-26(30)29-10-5-8-20-15-28-11-9-19-12-24-25(32-16-31-24)13-21(19)23(28)14-22(20)29/h2-4,6-7,12-13,17,20,22-23H,5,8-11,14-16H2,1H3,(H,27,30)/t17-,20?,22?,23?/m1/s1. The lowest BCUT2D eigenvalue weighted by molar-refractivity contribution is 0.00527. The van der Waals surface area contributed by atoms with E-state index in [4.69, 9.17) is 9.47 Å². The van der Waals surface area contributed by atoms with Crippen LogP contribution >= 0.6 is 0 Å². The number of amides is 2. The van der Waals surface area contributed by atoms with Crippen LogP contribution < -0.4 is 14.8 Å². The van der Waals surface area contributed by atoms with Gasteiger partial charge in [-0.15, -0.1) is 0 Å². The minimum Gasteiger partial charge on any atom is -0.454 e. The molecule has 2 aromatic rings. The van der Waals surface area contributed by atoms with Gasteiger partial charge in [0, 0.05) is 31.7 Å². The highest BCUT2D eigenvalue weighted by molar-refractivity contribution is 5.75. The molecule has 0 aromatic heterocycles. The Labute approximate surface area is 189 Å². The highest BCUT2D eigenvalue weighted by Gasteiger charge is 2.44. The molecule has 6 nitrogen and oxygen atoms in total. The van der Waals surface area contributed by atoms with Crippen LogP contribution in [0.25, 0.3) is 0 Å². The van der Waals surface area contributed by atoms with Crippen molar-refractivity contribution in [2.24, 2.45) is 5.92 Å². The summed E-state index contributed by atoms with van der Waals surface area (Å²) in [5.74, 6) is 2.29. The van der Waals surface area contributed by atoms with Crippen molar-refractivity contribution >= 4 is 6.03 Å². The van der Waals surface area contributed by atoms with Crippen LogP contribution in [0, 0.1) is 5.92 Å². The Morgan fingerprint density at radius 3 is 2.78 bits per heavy atom. The van der Waals surface area contributed by atoms with Gasteiger partial charge >= 0.3 is 6.03 Å². The summed E-state index contributed by atoms with van der Waals surface area (Å²) in [5.41, 5.74) is 3.88. The molecule has 0 bridgehead atoms. The quantitative estimate of drug-likeness (QED) is 0.769. The van der Waals surface area contributed by atoms with Gasteiger partial charge < -0.3 is 19.7 Å². The van der Waals surface area contributed by atoms with Gasteiger partial charge in [-0.2, -0.15) is 0 Å². The van der Waals surface area contributed by atoms with E-state index in [0.717, 1.165) is 56.0 Å². The molecule has 4 heterocycles. The molecule has 2 saturated heterocycles. The number of likely N-dealkylation sites (tertiary alicyclic amines) is 1. The normalized spacial score (nSPS) is 27.2. The van der Waals surface area contributed by atoms with Crippen LogP contribution in [0.4, 0.5) is 4.79 Å². The van der Waals surface area contributed by atoms with Gasteiger partial charge in [0.2, 0.25) is 6.79 Å². The molecule has 6 heteroatoms. The maximum absolute atomic E-state index is 13.4. The molecule has 32 heavy (non-hydrogen) atoms. The van der Waals surface area contributed by atoms with Gasteiger partial charge in [0.05, 0.1) is 6.04 Å². The molecule has 4 atom stereocenters. The third kappa shape index (κ3) is 3.41. The number of carbonyl (C=O) groups excluding carboxylic acids is 1. The van der Waals surface area contributed by atoms with Crippen molar-refractivity contribution in [3.8, 4) is 11.5 Å². The molecule has 4 aliphatic rings. The predicted octanol–water partition coefficient (Wildman–Crippen LogP) is 4.27. The lowest BCUT2D eigenvalue weighted by Crippen LogP contribution is -2.59. The fraction of sp³-hybridized carbons (Fsp3) is 0.500. The van der Waals surface area contributed by atoms with Gasteiger partial charge in [-0.1, -0.05) is 30.3 Å². The van der Waals surface area contributed by atoms with Crippen LogP contribution in [0.3, 0.4) is 0 Å². The van der Waals surface area contributed by atoms with E-state index in [1.807, 2.05) is 18.2 Å². The lowest BCUT2D eigenvalue weighted by Gasteiger charge is -2.52. The van der Waals surface area contributed by atoms with Crippen LogP contribution in [0.15, 0.2) is 42.5 Å². The molecular formula is C26H31N3O3. The first-order valence-electron chi connectivity index (χ1n) is 12.0. The van der Waals surface area contributed by atoms with E-state index in [2.05, 4.69) is 46.3 Å². The van der Waals surface area contributed by atoms with Crippen molar-refractivity contribution in [1.82, 2.24) is 15.1 Å². The van der Waals surface area contributed by atoms with Crippen LogP contribution in [-0.4, -0.2) is 48.3 Å². The van der Waals surface area contributed by atoms with Crippen LogP contribution in [0.1, 0.15) is 55.0 Å². The van der Waals surface area contributed by atoms with Gasteiger partial charge in [-0.25, -0.2) is 4.79 Å². The zero-order valence-corrected chi connectivity index (χ0v) is 18.6. The first-order chi connectivity index (χ1) is 15.7. The molecule has 2 fully saturated rings. The lowest BCUT2D eigenvalue weighted by atomic mass is 9.76. The summed E-state index contributed by atoms with van der Waals surface area (Å²) < 4.78 is 11.3. The maximum Gasteiger partial charge on any atom is 0.318 e. The van der Waals surface area contributed by atoms with Gasteiger partial charge in [-0.3, -0.25) is 4.90 Å². The molecule has 6 rings (SSSR count). The summed E-state index contributed by atoms with van der Waals surface area (Å²) in [6, 6.07) is 15.3. The average molecular weight is 434 g/mol. The summed E-state index contributed by atoms with van der Waals surface area (Å²) in [6.07, 6.45) is 4.34. The maximum atomic E-state index is 13.4. The largest absolute Gasteiger partial charge is 0.454 e. The van der Waals surface area contributed by atoms with Crippen molar-refractivity contribution in [1.29, 1.82) is 0 Å². The molecule has 4 aliphatic heterocycles. The number of hydrogen-bond donors (Lipinski definition) is 1. The molecule has 2 amide bonds. The van der Waals surface area contributed by atoms with E-state index >= 15 is 0 Å². The first-order valence-corrected chi connectivity index (χ1v) is 12.0. The number of fused-ring (bicyclic) bond motifs is 5. The van der Waals surface area contributed by atoms with Gasteiger partial charge in [0.15, 0.2) is 11.5 Å². The van der Waals surface area contributed by atoms with Gasteiger partial charge in [0.25, 0.3) is 0 Å². The molecule has 2 aromatic carbocycles. The molecular weight excluding hydrogens is 402 g/mol. The molecule has 0 saturated carbocycles. The number of piperidine rings is 2. The van der Waals surface area contributed by atoms with Gasteiger partial charge in [0.1, 0.15) is 0 Å². The zero-order chi connectivity index (χ0) is 21.7. The fourth-order valence-electron chi connectivity index (χ4n) is 6.18. The van der Waals surface area contributed by atoms with E-state index < -0.39 is 0 Å². The molecule has 1 N–H and O–H groups in total. The van der Waals surface area contributed by atoms with E-state index in [9.17, 15) is 4.79 Å². The van der Waals surface area contributed by atoms with Crippen molar-refractivity contribution < 1.29 is 14.3 Å². The van der Waals surface area contributed by atoms with Crippen molar-refractivity contribution in [3.05, 3.63) is 59.2 Å². The Morgan fingerprint density at radius 1 is 1.12 bits per heavy atom. The van der Waals surface area contributed by atoms with E-state index in [-0.39, 0.29) is 18.1 Å². The first kappa shape index (κ1) is 19.9. The molecule has 0 spiro atoms. The number of carbonyl (C=O) groups is 1. The number of ether oxygens (including phenoxy) is 2. The van der Waals surface area contributed by atoms with Crippen LogP contribution in [0.5, 0.6) is 11.5 Å². The van der Waals surface area contributed by atoms with Crippen molar-refractivity contribution in [2.45, 2.75) is 50.7 Å². The monoisotopic (exact) mass is 433 g/mol. The average Bonchev–Trinajstić information content (AvgIpc) is 3.29. The summed E-state index contributed by atoms with van der Waals surface area (Å²) >= 11 is 0. The van der Waals surface area contributed by atoms with Gasteiger partial charge in [-0.05, 0) is 67.3 Å². The Hall–Kier alpha value is -2.73. The van der Waals surface area contributed by atoms with Crippen LogP contribution in [-0.2, 0) is 6.42 Å². The summed E-state index contributed by atoms with van der Waals surface area (Å²) in [6.45, 7) is 5.37. The minimum atomic E-state index is -0.000640. The number of nitrogens with zero attached hydrogens (tertiary/aromatic N) is 2. The second kappa shape index (κ2) is 8.00. The Balaban J connectivity index is 1.23. The summed E-state index contributed by atoms with van der Waals surface area (Å²) in [4.78, 5) is 18.1. The van der Waals surface area contributed by atoms with Crippen LogP contribution in [0.2, 0.25) is 0 Å². The summed E-state index contributed by atoms with van der Waals surface area (Å²) in [7, 11) is 0. The number of hydrogen-bond acceptors (Lipinski definition) is 4. The number of nitrogens with one attached hydrogen (secondary N) is 1. The summed E-state index contributed by atoms with van der Waals surface area (Å²) in [5, 5.41) is 3.26. The molecule has 0 aliphatic carbocycles. The van der Waals surface area contributed by atoms with Crippen molar-refractivity contribution in [3.63, 3.8) is 0 Å². The SMILES string of the molecule is C[C@@H](NC(=O)N1CCCC2CN3CCc4cc5c(cc4C3CC21)OCO5)c1ccccc1. The number of rotatable bonds is 2. The zero-order valence-electron chi connectivity index (χ0n) is 18.6. The number of urea groups is 1. The third-order valence-corrected chi connectivity index (χ3v) is 7.86. The topological polar surface area (TPSA) is 54.0 Å². The number of benzene rings is 2. The third-order valence-electron chi connectivity index (χ3n) is 7.86. The minimum absolute atomic E-state index is 0.000640. The highest BCUT2D eigenvalue weighted by atomic mass is 16.7.